The molecule has 0 aliphatic heterocycles. The lowest BCUT2D eigenvalue weighted by molar-refractivity contribution is 0.349. The van der Waals surface area contributed by atoms with Crippen LogP contribution in [0.25, 0.3) is 22.3 Å². The average Bonchev–Trinajstić information content (AvgIpc) is 2.60. The predicted octanol–water partition coefficient (Wildman–Crippen LogP) is 3.49. The maximum atomic E-state index is 12.4. The highest BCUT2D eigenvalue weighted by Gasteiger charge is 2.20. The normalized spacial score (nSPS) is 10.6. The van der Waals surface area contributed by atoms with Crippen LogP contribution in [-0.4, -0.2) is 21.3 Å². The first-order chi connectivity index (χ1) is 11.2. The summed E-state index contributed by atoms with van der Waals surface area (Å²) in [6, 6.07) is 12.0. The molecule has 2 aromatic carbocycles. The molecule has 0 aliphatic rings. The first kappa shape index (κ1) is 15.0. The second kappa shape index (κ2) is 6.04. The Labute approximate surface area is 133 Å². The van der Waals surface area contributed by atoms with E-state index in [1.165, 1.54) is 13.2 Å². The molecule has 1 heterocycles. The lowest BCUT2D eigenvalue weighted by atomic mass is 10.1. The van der Waals surface area contributed by atoms with Crippen molar-refractivity contribution in [3.05, 3.63) is 52.7 Å². The molecule has 0 atom stereocenters. The van der Waals surface area contributed by atoms with E-state index in [2.05, 4.69) is 0 Å². The van der Waals surface area contributed by atoms with E-state index in [1.54, 1.807) is 44.6 Å². The quantitative estimate of drug-likeness (QED) is 0.738. The van der Waals surface area contributed by atoms with Gasteiger partial charge >= 0.3 is 0 Å². The van der Waals surface area contributed by atoms with E-state index < -0.39 is 0 Å². The van der Waals surface area contributed by atoms with Crippen LogP contribution in [0.4, 0.5) is 0 Å². The van der Waals surface area contributed by atoms with E-state index in [1.807, 2.05) is 6.07 Å². The monoisotopic (exact) mass is 312 g/mol. The molecule has 3 aromatic rings. The average molecular weight is 312 g/mol. The predicted molar refractivity (Wildman–Crippen MR) is 87.6 cm³/mol. The summed E-state index contributed by atoms with van der Waals surface area (Å²) in [6.45, 7) is 0. The summed E-state index contributed by atoms with van der Waals surface area (Å²) < 4.78 is 22.1. The Balaban J connectivity index is 2.35. The molecule has 3 rings (SSSR count). The maximum Gasteiger partial charge on any atom is 0.193 e. The van der Waals surface area contributed by atoms with Gasteiger partial charge in [0, 0.05) is 6.07 Å². The van der Waals surface area contributed by atoms with Gasteiger partial charge in [-0.05, 0) is 24.3 Å². The minimum Gasteiger partial charge on any atom is -0.496 e. The Morgan fingerprint density at radius 2 is 1.57 bits per heavy atom. The third-order valence-electron chi connectivity index (χ3n) is 3.61. The van der Waals surface area contributed by atoms with Crippen molar-refractivity contribution in [3.63, 3.8) is 0 Å². The van der Waals surface area contributed by atoms with Gasteiger partial charge in [-0.15, -0.1) is 0 Å². The molecule has 0 amide bonds. The van der Waals surface area contributed by atoms with Crippen molar-refractivity contribution >= 4 is 11.0 Å². The van der Waals surface area contributed by atoms with Crippen LogP contribution in [0.3, 0.4) is 0 Å². The second-order valence-electron chi connectivity index (χ2n) is 4.85. The molecule has 0 unspecified atom stereocenters. The molecule has 0 radical (unpaired) electrons. The number of methoxy groups -OCH3 is 3. The van der Waals surface area contributed by atoms with E-state index in [0.29, 0.717) is 39.5 Å². The highest BCUT2D eigenvalue weighted by Crippen LogP contribution is 2.44. The van der Waals surface area contributed by atoms with Crippen LogP contribution in [0, 0.1) is 0 Å². The minimum atomic E-state index is -0.131. The zero-order valence-electron chi connectivity index (χ0n) is 13.1. The molecule has 0 saturated heterocycles. The van der Waals surface area contributed by atoms with Gasteiger partial charge in [-0.3, -0.25) is 4.79 Å². The first-order valence-electron chi connectivity index (χ1n) is 7.01. The summed E-state index contributed by atoms with van der Waals surface area (Å²) >= 11 is 0. The molecule has 23 heavy (non-hydrogen) atoms. The third kappa shape index (κ3) is 2.50. The number of benzene rings is 2. The van der Waals surface area contributed by atoms with E-state index in [-0.39, 0.29) is 5.43 Å². The number of hydrogen-bond donors (Lipinski definition) is 0. The van der Waals surface area contributed by atoms with E-state index in [9.17, 15) is 4.79 Å². The lowest BCUT2D eigenvalue weighted by Gasteiger charge is -2.15. The Bertz CT molecular complexity index is 911. The van der Waals surface area contributed by atoms with Crippen molar-refractivity contribution in [2.75, 3.05) is 21.3 Å². The SMILES string of the molecule is COc1ccc(OC)c(-c2cc(=O)c3ccccc3o2)c1OC. The largest absolute Gasteiger partial charge is 0.496 e. The highest BCUT2D eigenvalue weighted by molar-refractivity contribution is 5.82. The molecular weight excluding hydrogens is 296 g/mol. The number of rotatable bonds is 4. The molecule has 0 saturated carbocycles. The lowest BCUT2D eigenvalue weighted by Crippen LogP contribution is -2.02. The van der Waals surface area contributed by atoms with E-state index >= 15 is 0 Å². The van der Waals surface area contributed by atoms with Crippen LogP contribution in [0.1, 0.15) is 0 Å². The summed E-state index contributed by atoms with van der Waals surface area (Å²) in [5.74, 6) is 1.87. The first-order valence-corrected chi connectivity index (χ1v) is 7.01. The van der Waals surface area contributed by atoms with Gasteiger partial charge in [0.1, 0.15) is 22.7 Å². The molecule has 118 valence electrons. The Hall–Kier alpha value is -2.95. The van der Waals surface area contributed by atoms with Gasteiger partial charge in [-0.1, -0.05) is 12.1 Å². The van der Waals surface area contributed by atoms with Gasteiger partial charge in [-0.2, -0.15) is 0 Å². The Kier molecular flexibility index (Phi) is 3.93. The smallest absolute Gasteiger partial charge is 0.193 e. The minimum absolute atomic E-state index is 0.131. The molecule has 0 bridgehead atoms. The number of fused-ring (bicyclic) bond motifs is 1. The molecule has 1 aromatic heterocycles. The maximum absolute atomic E-state index is 12.4. The summed E-state index contributed by atoms with van der Waals surface area (Å²) in [5.41, 5.74) is 0.910. The van der Waals surface area contributed by atoms with Crippen molar-refractivity contribution in [2.45, 2.75) is 0 Å². The van der Waals surface area contributed by atoms with Crippen molar-refractivity contribution < 1.29 is 18.6 Å². The summed E-state index contributed by atoms with van der Waals surface area (Å²) in [4.78, 5) is 12.4. The summed E-state index contributed by atoms with van der Waals surface area (Å²) in [5, 5.41) is 0.525. The van der Waals surface area contributed by atoms with Crippen molar-refractivity contribution in [1.82, 2.24) is 0 Å². The van der Waals surface area contributed by atoms with Crippen LogP contribution in [0.2, 0.25) is 0 Å². The van der Waals surface area contributed by atoms with Crippen molar-refractivity contribution in [2.24, 2.45) is 0 Å². The van der Waals surface area contributed by atoms with Crippen LogP contribution >= 0.6 is 0 Å². The van der Waals surface area contributed by atoms with E-state index in [4.69, 9.17) is 18.6 Å². The molecule has 0 spiro atoms. The number of para-hydroxylation sites is 1. The highest BCUT2D eigenvalue weighted by atomic mass is 16.5. The zero-order chi connectivity index (χ0) is 16.4. The molecule has 5 nitrogen and oxygen atoms in total. The van der Waals surface area contributed by atoms with Crippen molar-refractivity contribution in [1.29, 1.82) is 0 Å². The molecule has 5 heteroatoms. The number of hydrogen-bond acceptors (Lipinski definition) is 5. The topological polar surface area (TPSA) is 57.9 Å². The van der Waals surface area contributed by atoms with Crippen molar-refractivity contribution in [3.8, 4) is 28.6 Å². The fourth-order valence-electron chi connectivity index (χ4n) is 2.54. The third-order valence-corrected chi connectivity index (χ3v) is 3.61. The Morgan fingerprint density at radius 3 is 2.26 bits per heavy atom. The van der Waals surface area contributed by atoms with Gasteiger partial charge in [-0.25, -0.2) is 0 Å². The summed E-state index contributed by atoms with van der Waals surface area (Å²) in [6.07, 6.45) is 0. The van der Waals surface area contributed by atoms with Gasteiger partial charge in [0.15, 0.2) is 16.9 Å². The van der Waals surface area contributed by atoms with Gasteiger partial charge in [0.05, 0.1) is 26.7 Å². The molecule has 0 fully saturated rings. The standard InChI is InChI=1S/C18H16O5/c1-20-14-8-9-15(21-2)18(22-3)17(14)16-10-12(19)11-6-4-5-7-13(11)23-16/h4-10H,1-3H3. The second-order valence-corrected chi connectivity index (χ2v) is 4.85. The van der Waals surface area contributed by atoms with Crippen LogP contribution < -0.4 is 19.6 Å². The fraction of sp³-hybridized carbons (Fsp3) is 0.167. The van der Waals surface area contributed by atoms with Crippen LogP contribution in [0.5, 0.6) is 17.2 Å². The fourth-order valence-corrected chi connectivity index (χ4v) is 2.54. The molecular formula is C18H16O5. The zero-order valence-corrected chi connectivity index (χ0v) is 13.1. The molecule has 0 aliphatic carbocycles. The van der Waals surface area contributed by atoms with Crippen LogP contribution in [0.15, 0.2) is 51.7 Å². The Morgan fingerprint density at radius 1 is 0.870 bits per heavy atom. The van der Waals surface area contributed by atoms with Gasteiger partial charge in [0.2, 0.25) is 0 Å². The van der Waals surface area contributed by atoms with E-state index in [0.717, 1.165) is 0 Å². The van der Waals surface area contributed by atoms with Gasteiger partial charge in [0.25, 0.3) is 0 Å². The summed E-state index contributed by atoms with van der Waals surface area (Å²) in [7, 11) is 4.62. The molecule has 0 N–H and O–H groups in total. The van der Waals surface area contributed by atoms with Gasteiger partial charge < -0.3 is 18.6 Å². The van der Waals surface area contributed by atoms with Crippen LogP contribution in [-0.2, 0) is 0 Å². The number of ether oxygens (including phenoxy) is 3.